The van der Waals surface area contributed by atoms with Crippen molar-refractivity contribution >= 4 is 16.9 Å². The molecule has 1 aromatic heterocycles. The number of aromatic hydroxyl groups is 1. The first-order valence-corrected chi connectivity index (χ1v) is 9.17. The predicted molar refractivity (Wildman–Crippen MR) is 107 cm³/mol. The quantitative estimate of drug-likeness (QED) is 0.539. The third-order valence-corrected chi connectivity index (χ3v) is 4.61. The van der Waals surface area contributed by atoms with Crippen LogP contribution in [0.4, 0.5) is 0 Å². The van der Waals surface area contributed by atoms with Crippen molar-refractivity contribution in [1.82, 2.24) is 5.32 Å². The van der Waals surface area contributed by atoms with Crippen LogP contribution in [0.2, 0.25) is 0 Å². The van der Waals surface area contributed by atoms with Crippen LogP contribution in [0.5, 0.6) is 5.75 Å². The van der Waals surface area contributed by atoms with Crippen LogP contribution in [-0.2, 0) is 11.3 Å². The fraction of sp³-hybridized carbons (Fsp3) is 0.273. The van der Waals surface area contributed by atoms with Gasteiger partial charge in [-0.3, -0.25) is 4.79 Å². The molecule has 0 fully saturated rings. The fourth-order valence-corrected chi connectivity index (χ4v) is 3.27. The number of carbonyl (C=O) groups is 1. The summed E-state index contributed by atoms with van der Waals surface area (Å²) in [5.74, 6) is -0.820. The van der Waals surface area contributed by atoms with Crippen molar-refractivity contribution in [3.8, 4) is 16.9 Å². The van der Waals surface area contributed by atoms with E-state index in [0.29, 0.717) is 22.9 Å². The molecule has 146 valence electrons. The second-order valence-electron chi connectivity index (χ2n) is 7.19. The maximum atomic E-state index is 12.2. The summed E-state index contributed by atoms with van der Waals surface area (Å²) in [7, 11) is 0. The molecule has 1 atom stereocenters. The zero-order valence-corrected chi connectivity index (χ0v) is 15.8. The summed E-state index contributed by atoms with van der Waals surface area (Å²) >= 11 is 0. The van der Waals surface area contributed by atoms with Crippen molar-refractivity contribution in [3.63, 3.8) is 0 Å². The zero-order chi connectivity index (χ0) is 20.3. The normalized spacial score (nSPS) is 12.4. The van der Waals surface area contributed by atoms with Crippen LogP contribution in [-0.4, -0.2) is 22.2 Å². The van der Waals surface area contributed by atoms with Crippen LogP contribution in [0.25, 0.3) is 22.1 Å². The van der Waals surface area contributed by atoms with Gasteiger partial charge >= 0.3 is 11.6 Å². The number of hydrogen-bond acceptors (Lipinski definition) is 5. The highest BCUT2D eigenvalue weighted by Gasteiger charge is 2.21. The Kier molecular flexibility index (Phi) is 5.80. The average Bonchev–Trinajstić information content (AvgIpc) is 2.65. The molecule has 0 unspecified atom stereocenters. The van der Waals surface area contributed by atoms with Crippen molar-refractivity contribution in [2.45, 2.75) is 32.9 Å². The molecule has 28 heavy (non-hydrogen) atoms. The molecule has 0 aliphatic rings. The van der Waals surface area contributed by atoms with E-state index in [0.717, 1.165) is 5.56 Å². The molecule has 6 nitrogen and oxygen atoms in total. The van der Waals surface area contributed by atoms with E-state index in [9.17, 15) is 19.8 Å². The molecule has 3 N–H and O–H groups in total. The van der Waals surface area contributed by atoms with Crippen molar-refractivity contribution in [3.05, 3.63) is 64.5 Å². The Morgan fingerprint density at radius 2 is 1.86 bits per heavy atom. The van der Waals surface area contributed by atoms with E-state index in [-0.39, 0.29) is 23.8 Å². The lowest BCUT2D eigenvalue weighted by atomic mass is 9.99. The maximum absolute atomic E-state index is 12.2. The van der Waals surface area contributed by atoms with Gasteiger partial charge in [-0.05, 0) is 35.6 Å². The highest BCUT2D eigenvalue weighted by molar-refractivity contribution is 5.95. The molecule has 0 bridgehead atoms. The predicted octanol–water partition coefficient (Wildman–Crippen LogP) is 3.75. The fourth-order valence-electron chi connectivity index (χ4n) is 3.27. The summed E-state index contributed by atoms with van der Waals surface area (Å²) < 4.78 is 5.41. The van der Waals surface area contributed by atoms with E-state index in [4.69, 9.17) is 4.42 Å². The van der Waals surface area contributed by atoms with Gasteiger partial charge in [-0.15, -0.1) is 0 Å². The van der Waals surface area contributed by atoms with Crippen LogP contribution in [0.15, 0.2) is 57.7 Å². The first-order chi connectivity index (χ1) is 13.4. The molecule has 2 aromatic carbocycles. The van der Waals surface area contributed by atoms with E-state index >= 15 is 0 Å². The molecule has 0 radical (unpaired) electrons. The number of benzene rings is 2. The largest absolute Gasteiger partial charge is 0.507 e. The standard InChI is InChI=1S/C22H23NO5/c1-13(2)10-18(22(26)27)23-12-17-19(24)9-8-15-16(11-20(25)28-21(15)17)14-6-4-3-5-7-14/h3-9,11,13,18,23-24H,10,12H2,1-2H3,(H,26,27)/t18-/m1/s1. The van der Waals surface area contributed by atoms with E-state index < -0.39 is 17.6 Å². The number of hydrogen-bond donors (Lipinski definition) is 3. The van der Waals surface area contributed by atoms with Crippen LogP contribution in [0.3, 0.4) is 0 Å². The molecule has 0 saturated carbocycles. The molecular formula is C22H23NO5. The lowest BCUT2D eigenvalue weighted by molar-refractivity contribution is -0.140. The zero-order valence-electron chi connectivity index (χ0n) is 15.8. The van der Waals surface area contributed by atoms with Crippen LogP contribution >= 0.6 is 0 Å². The van der Waals surface area contributed by atoms with Gasteiger partial charge in [0.15, 0.2) is 0 Å². The highest BCUT2D eigenvalue weighted by atomic mass is 16.4. The number of carboxylic acids is 1. The summed E-state index contributed by atoms with van der Waals surface area (Å²) in [6, 6.07) is 13.3. The average molecular weight is 381 g/mol. The summed E-state index contributed by atoms with van der Waals surface area (Å²) in [6.45, 7) is 3.95. The number of rotatable bonds is 7. The lowest BCUT2D eigenvalue weighted by Crippen LogP contribution is -2.37. The van der Waals surface area contributed by atoms with Crippen molar-refractivity contribution in [2.24, 2.45) is 5.92 Å². The smallest absolute Gasteiger partial charge is 0.336 e. The number of carboxylic acid groups (broad SMARTS) is 1. The molecule has 6 heteroatoms. The molecule has 0 aliphatic carbocycles. The molecule has 3 rings (SSSR count). The SMILES string of the molecule is CC(C)C[C@@H](NCc1c(O)ccc2c(-c3ccccc3)cc(=O)oc12)C(=O)O. The molecule has 3 aromatic rings. The Hall–Kier alpha value is -3.12. The minimum absolute atomic E-state index is 0.0537. The van der Waals surface area contributed by atoms with Gasteiger partial charge in [0.2, 0.25) is 0 Å². The van der Waals surface area contributed by atoms with Crippen LogP contribution in [0.1, 0.15) is 25.8 Å². The number of fused-ring (bicyclic) bond motifs is 1. The third-order valence-electron chi connectivity index (χ3n) is 4.61. The summed E-state index contributed by atoms with van der Waals surface area (Å²) in [6.07, 6.45) is 0.445. The van der Waals surface area contributed by atoms with Gasteiger partial charge < -0.3 is 19.9 Å². The second kappa shape index (κ2) is 8.27. The minimum Gasteiger partial charge on any atom is -0.507 e. The third kappa shape index (κ3) is 4.23. The first-order valence-electron chi connectivity index (χ1n) is 9.17. The van der Waals surface area contributed by atoms with Gasteiger partial charge in [0.1, 0.15) is 17.4 Å². The van der Waals surface area contributed by atoms with E-state index in [1.54, 1.807) is 6.07 Å². The van der Waals surface area contributed by atoms with Crippen molar-refractivity contribution < 1.29 is 19.4 Å². The van der Waals surface area contributed by atoms with E-state index in [1.165, 1.54) is 12.1 Å². The van der Waals surface area contributed by atoms with Crippen molar-refractivity contribution in [1.29, 1.82) is 0 Å². The van der Waals surface area contributed by atoms with Gasteiger partial charge in [-0.2, -0.15) is 0 Å². The van der Waals surface area contributed by atoms with Gasteiger partial charge in [-0.1, -0.05) is 44.2 Å². The Bertz CT molecular complexity index is 1040. The topological polar surface area (TPSA) is 99.8 Å². The Balaban J connectivity index is 2.06. The monoisotopic (exact) mass is 381 g/mol. The van der Waals surface area contributed by atoms with Gasteiger partial charge in [0.05, 0.1) is 5.56 Å². The summed E-state index contributed by atoms with van der Waals surface area (Å²) in [4.78, 5) is 23.7. The summed E-state index contributed by atoms with van der Waals surface area (Å²) in [5.41, 5.74) is 1.64. The molecule has 0 spiro atoms. The summed E-state index contributed by atoms with van der Waals surface area (Å²) in [5, 5.41) is 23.4. The van der Waals surface area contributed by atoms with Gasteiger partial charge in [0.25, 0.3) is 0 Å². The Morgan fingerprint density at radius 1 is 1.14 bits per heavy atom. The number of nitrogens with one attached hydrogen (secondary N) is 1. The second-order valence-corrected chi connectivity index (χ2v) is 7.19. The minimum atomic E-state index is -0.958. The molecule has 0 saturated heterocycles. The number of phenolic OH excluding ortho intramolecular Hbond substituents is 1. The van der Waals surface area contributed by atoms with Gasteiger partial charge in [-0.25, -0.2) is 4.79 Å². The van der Waals surface area contributed by atoms with Gasteiger partial charge in [0, 0.05) is 18.0 Å². The highest BCUT2D eigenvalue weighted by Crippen LogP contribution is 2.33. The Labute approximate surface area is 162 Å². The number of phenols is 1. The molecule has 0 amide bonds. The lowest BCUT2D eigenvalue weighted by Gasteiger charge is -2.17. The Morgan fingerprint density at radius 3 is 2.50 bits per heavy atom. The maximum Gasteiger partial charge on any atom is 0.336 e. The van der Waals surface area contributed by atoms with Crippen LogP contribution < -0.4 is 10.9 Å². The molecule has 1 heterocycles. The number of aliphatic carboxylic acids is 1. The van der Waals surface area contributed by atoms with E-state index in [2.05, 4.69) is 5.32 Å². The van der Waals surface area contributed by atoms with E-state index in [1.807, 2.05) is 44.2 Å². The van der Waals surface area contributed by atoms with Crippen molar-refractivity contribution in [2.75, 3.05) is 0 Å². The first kappa shape index (κ1) is 19.6. The molecule has 0 aliphatic heterocycles. The van der Waals surface area contributed by atoms with Crippen LogP contribution in [0, 0.1) is 5.92 Å². The molecular weight excluding hydrogens is 358 g/mol.